The fourth-order valence-electron chi connectivity index (χ4n) is 1.39. The van der Waals surface area contributed by atoms with Gasteiger partial charge in [0.05, 0.1) is 0 Å². The van der Waals surface area contributed by atoms with Crippen molar-refractivity contribution in [1.29, 1.82) is 0 Å². The smallest absolute Gasteiger partial charge is 0.0138 e. The highest BCUT2D eigenvalue weighted by Crippen LogP contribution is 2.00. The first-order valence-electron chi connectivity index (χ1n) is 5.93. The molecule has 1 rings (SSSR count). The minimum atomic E-state index is 0.964. The molecule has 0 saturated carbocycles. The van der Waals surface area contributed by atoms with Crippen LogP contribution in [0.5, 0.6) is 0 Å². The van der Waals surface area contributed by atoms with Crippen LogP contribution in [0.1, 0.15) is 18.9 Å². The molecule has 0 unspecified atom stereocenters. The van der Waals surface area contributed by atoms with E-state index in [0.717, 1.165) is 13.1 Å². The molecule has 16 heavy (non-hydrogen) atoms. The first kappa shape index (κ1) is 13.3. The van der Waals surface area contributed by atoms with Gasteiger partial charge in [-0.15, -0.1) is 0 Å². The molecule has 1 N–H and O–H groups in total. The number of hydrogen-bond acceptors (Lipinski definition) is 2. The molecule has 0 amide bonds. The van der Waals surface area contributed by atoms with E-state index in [1.807, 2.05) is 17.8 Å². The Morgan fingerprint density at radius 2 is 2.06 bits per heavy atom. The van der Waals surface area contributed by atoms with Gasteiger partial charge in [0.15, 0.2) is 0 Å². The zero-order chi connectivity index (χ0) is 11.5. The summed E-state index contributed by atoms with van der Waals surface area (Å²) in [6, 6.07) is 10.4. The zero-order valence-corrected chi connectivity index (χ0v) is 10.8. The Morgan fingerprint density at radius 1 is 1.25 bits per heavy atom. The molecule has 0 radical (unpaired) electrons. The van der Waals surface area contributed by atoms with Crippen LogP contribution >= 0.6 is 11.8 Å². The second-order valence-electron chi connectivity index (χ2n) is 3.57. The molecule has 0 bridgehead atoms. The summed E-state index contributed by atoms with van der Waals surface area (Å²) >= 11 is 2.01. The van der Waals surface area contributed by atoms with E-state index < -0.39 is 0 Å². The predicted octanol–water partition coefficient (Wildman–Crippen LogP) is 3.43. The highest BCUT2D eigenvalue weighted by molar-refractivity contribution is 7.99. The van der Waals surface area contributed by atoms with Crippen LogP contribution in [0.4, 0.5) is 0 Å². The summed E-state index contributed by atoms with van der Waals surface area (Å²) < 4.78 is 0. The van der Waals surface area contributed by atoms with Gasteiger partial charge < -0.3 is 5.32 Å². The Bertz CT molecular complexity index is 282. The Labute approximate surface area is 103 Å². The lowest BCUT2D eigenvalue weighted by atomic mass is 10.2. The van der Waals surface area contributed by atoms with Crippen molar-refractivity contribution in [3.05, 3.63) is 42.0 Å². The van der Waals surface area contributed by atoms with Gasteiger partial charge in [-0.25, -0.2) is 0 Å². The number of benzene rings is 1. The number of hydrogen-bond donors (Lipinski definition) is 1. The lowest BCUT2D eigenvalue weighted by Gasteiger charge is -2.00. The monoisotopic (exact) mass is 235 g/mol. The van der Waals surface area contributed by atoms with Crippen molar-refractivity contribution in [2.45, 2.75) is 13.3 Å². The standard InChI is InChI=1S/C14H21NS/c1-2-16-13-7-12-15-11-6-10-14-8-4-3-5-9-14/h3-6,8-10,15H,2,7,11-13H2,1H3/b10-6+. The van der Waals surface area contributed by atoms with Crippen molar-refractivity contribution in [2.24, 2.45) is 0 Å². The first-order chi connectivity index (χ1) is 7.93. The zero-order valence-electron chi connectivity index (χ0n) is 9.99. The maximum absolute atomic E-state index is 3.41. The number of thioether (sulfide) groups is 1. The van der Waals surface area contributed by atoms with Crippen LogP contribution in [0.25, 0.3) is 6.08 Å². The SMILES string of the molecule is CCSCCCNC/C=C/c1ccccc1. The summed E-state index contributed by atoms with van der Waals surface area (Å²) in [5, 5.41) is 3.41. The maximum atomic E-state index is 3.41. The quantitative estimate of drug-likeness (QED) is 0.693. The summed E-state index contributed by atoms with van der Waals surface area (Å²) in [6.45, 7) is 4.29. The van der Waals surface area contributed by atoms with Crippen molar-refractivity contribution in [3.8, 4) is 0 Å². The van der Waals surface area contributed by atoms with E-state index in [9.17, 15) is 0 Å². The minimum absolute atomic E-state index is 0.964. The number of rotatable bonds is 8. The van der Waals surface area contributed by atoms with Gasteiger partial charge in [0.1, 0.15) is 0 Å². The van der Waals surface area contributed by atoms with Gasteiger partial charge in [-0.1, -0.05) is 49.4 Å². The van der Waals surface area contributed by atoms with Crippen LogP contribution in [0.2, 0.25) is 0 Å². The Kier molecular flexibility index (Phi) is 7.91. The summed E-state index contributed by atoms with van der Waals surface area (Å²) in [7, 11) is 0. The molecule has 0 aliphatic heterocycles. The molecule has 1 nitrogen and oxygen atoms in total. The third-order valence-corrected chi connectivity index (χ3v) is 3.20. The fourth-order valence-corrected chi connectivity index (χ4v) is 2.03. The van der Waals surface area contributed by atoms with E-state index in [0.29, 0.717) is 0 Å². The van der Waals surface area contributed by atoms with Crippen molar-refractivity contribution >= 4 is 17.8 Å². The Balaban J connectivity index is 2.01. The third-order valence-electron chi connectivity index (χ3n) is 2.22. The van der Waals surface area contributed by atoms with Crippen LogP contribution in [-0.4, -0.2) is 24.6 Å². The van der Waals surface area contributed by atoms with Gasteiger partial charge in [-0.2, -0.15) is 11.8 Å². The molecule has 1 aromatic carbocycles. The van der Waals surface area contributed by atoms with Crippen molar-refractivity contribution in [2.75, 3.05) is 24.6 Å². The second-order valence-corrected chi connectivity index (χ2v) is 4.96. The van der Waals surface area contributed by atoms with Crippen LogP contribution in [0.3, 0.4) is 0 Å². The molecule has 0 aliphatic carbocycles. The summed E-state index contributed by atoms with van der Waals surface area (Å²) in [6.07, 6.45) is 5.60. The van der Waals surface area contributed by atoms with Gasteiger partial charge in [-0.3, -0.25) is 0 Å². The molecule has 0 fully saturated rings. The van der Waals surface area contributed by atoms with E-state index in [2.05, 4.69) is 48.7 Å². The average Bonchev–Trinajstić information content (AvgIpc) is 2.34. The molecule has 1 aromatic rings. The minimum Gasteiger partial charge on any atom is -0.313 e. The topological polar surface area (TPSA) is 12.0 Å². The molecule has 2 heteroatoms. The first-order valence-corrected chi connectivity index (χ1v) is 7.09. The molecule has 0 aromatic heterocycles. The largest absolute Gasteiger partial charge is 0.313 e. The van der Waals surface area contributed by atoms with E-state index in [4.69, 9.17) is 0 Å². The normalized spacial score (nSPS) is 11.1. The molecule has 88 valence electrons. The van der Waals surface area contributed by atoms with E-state index in [1.54, 1.807) is 0 Å². The maximum Gasteiger partial charge on any atom is 0.0138 e. The van der Waals surface area contributed by atoms with Crippen molar-refractivity contribution < 1.29 is 0 Å². The second kappa shape index (κ2) is 9.49. The van der Waals surface area contributed by atoms with Crippen LogP contribution < -0.4 is 5.32 Å². The average molecular weight is 235 g/mol. The molecule has 0 spiro atoms. The van der Waals surface area contributed by atoms with Gasteiger partial charge in [-0.05, 0) is 30.0 Å². The molecule has 0 aliphatic rings. The third kappa shape index (κ3) is 6.70. The fraction of sp³-hybridized carbons (Fsp3) is 0.429. The molecular formula is C14H21NS. The molecule has 0 saturated heterocycles. The lowest BCUT2D eigenvalue weighted by Crippen LogP contribution is -2.15. The van der Waals surface area contributed by atoms with Crippen LogP contribution in [0, 0.1) is 0 Å². The Hall–Kier alpha value is -0.730. The van der Waals surface area contributed by atoms with Gasteiger partial charge >= 0.3 is 0 Å². The van der Waals surface area contributed by atoms with Gasteiger partial charge in [0.2, 0.25) is 0 Å². The highest BCUT2D eigenvalue weighted by Gasteiger charge is 1.86. The lowest BCUT2D eigenvalue weighted by molar-refractivity contribution is 0.734. The van der Waals surface area contributed by atoms with Crippen LogP contribution in [0.15, 0.2) is 36.4 Å². The van der Waals surface area contributed by atoms with E-state index in [1.165, 1.54) is 23.5 Å². The van der Waals surface area contributed by atoms with E-state index in [-0.39, 0.29) is 0 Å². The summed E-state index contributed by atoms with van der Waals surface area (Å²) in [5.41, 5.74) is 1.27. The molecule has 0 heterocycles. The van der Waals surface area contributed by atoms with Crippen molar-refractivity contribution in [1.82, 2.24) is 5.32 Å². The summed E-state index contributed by atoms with van der Waals surface area (Å²) in [5.74, 6) is 2.50. The molecule has 0 atom stereocenters. The van der Waals surface area contributed by atoms with Gasteiger partial charge in [0.25, 0.3) is 0 Å². The van der Waals surface area contributed by atoms with E-state index >= 15 is 0 Å². The van der Waals surface area contributed by atoms with Gasteiger partial charge in [0, 0.05) is 6.54 Å². The Morgan fingerprint density at radius 3 is 2.81 bits per heavy atom. The van der Waals surface area contributed by atoms with Crippen molar-refractivity contribution in [3.63, 3.8) is 0 Å². The van der Waals surface area contributed by atoms with Crippen LogP contribution in [-0.2, 0) is 0 Å². The highest BCUT2D eigenvalue weighted by atomic mass is 32.2. The summed E-state index contributed by atoms with van der Waals surface area (Å²) in [4.78, 5) is 0. The molecular weight excluding hydrogens is 214 g/mol. The predicted molar refractivity (Wildman–Crippen MR) is 76.0 cm³/mol. The number of nitrogens with one attached hydrogen (secondary N) is 1.